The fourth-order valence-corrected chi connectivity index (χ4v) is 2.10. The van der Waals surface area contributed by atoms with E-state index in [9.17, 15) is 4.79 Å². The van der Waals surface area contributed by atoms with Crippen molar-refractivity contribution in [2.75, 3.05) is 26.2 Å². The highest BCUT2D eigenvalue weighted by Gasteiger charge is 2.18. The van der Waals surface area contributed by atoms with Crippen LogP contribution in [0.3, 0.4) is 0 Å². The van der Waals surface area contributed by atoms with E-state index in [0.29, 0.717) is 12.5 Å². The van der Waals surface area contributed by atoms with Gasteiger partial charge >= 0.3 is 0 Å². The van der Waals surface area contributed by atoms with Gasteiger partial charge < -0.3 is 15.3 Å². The molecule has 0 aromatic carbocycles. The second-order valence-electron chi connectivity index (χ2n) is 4.98. The van der Waals surface area contributed by atoms with Gasteiger partial charge in [-0.05, 0) is 25.2 Å². The molecule has 0 spiro atoms. The van der Waals surface area contributed by atoms with Crippen LogP contribution < -0.4 is 5.32 Å². The fourth-order valence-electron chi connectivity index (χ4n) is 2.10. The van der Waals surface area contributed by atoms with Gasteiger partial charge in [-0.3, -0.25) is 4.79 Å². The van der Waals surface area contributed by atoms with E-state index < -0.39 is 0 Å². The van der Waals surface area contributed by atoms with Crippen LogP contribution in [0.1, 0.15) is 33.1 Å². The molecule has 1 fully saturated rings. The van der Waals surface area contributed by atoms with Crippen LogP contribution in [0.25, 0.3) is 0 Å². The highest BCUT2D eigenvalue weighted by atomic mass is 16.3. The van der Waals surface area contributed by atoms with Gasteiger partial charge in [0.2, 0.25) is 5.91 Å². The van der Waals surface area contributed by atoms with Crippen LogP contribution in [0.5, 0.6) is 0 Å². The highest BCUT2D eigenvalue weighted by Crippen LogP contribution is 2.07. The Kier molecular flexibility index (Phi) is 5.77. The second-order valence-corrected chi connectivity index (χ2v) is 4.98. The summed E-state index contributed by atoms with van der Waals surface area (Å²) < 4.78 is 0. The van der Waals surface area contributed by atoms with Crippen molar-refractivity contribution in [3.05, 3.63) is 0 Å². The average Bonchev–Trinajstić information content (AvgIpc) is 2.76. The van der Waals surface area contributed by atoms with E-state index in [1.165, 1.54) is 0 Å². The SMILES string of the molecule is CC(C)CC(CO)NCC(=O)N1CCCC1. The van der Waals surface area contributed by atoms with E-state index in [2.05, 4.69) is 19.2 Å². The number of amides is 1. The Morgan fingerprint density at radius 1 is 1.38 bits per heavy atom. The molecule has 0 aromatic rings. The van der Waals surface area contributed by atoms with Crippen LogP contribution in [0.2, 0.25) is 0 Å². The minimum absolute atomic E-state index is 0.0477. The highest BCUT2D eigenvalue weighted by molar-refractivity contribution is 5.78. The molecule has 2 N–H and O–H groups in total. The Labute approximate surface area is 98.0 Å². The number of hydrogen-bond donors (Lipinski definition) is 2. The molecule has 1 unspecified atom stereocenters. The maximum Gasteiger partial charge on any atom is 0.236 e. The topological polar surface area (TPSA) is 52.6 Å². The molecule has 0 bridgehead atoms. The molecule has 0 aliphatic carbocycles. The molecule has 1 saturated heterocycles. The molecule has 1 atom stereocenters. The molecule has 1 rings (SSSR count). The lowest BCUT2D eigenvalue weighted by molar-refractivity contribution is -0.129. The molecule has 94 valence electrons. The Bertz CT molecular complexity index is 213. The summed E-state index contributed by atoms with van der Waals surface area (Å²) in [5.41, 5.74) is 0. The zero-order valence-electron chi connectivity index (χ0n) is 10.4. The van der Waals surface area contributed by atoms with E-state index in [0.717, 1.165) is 32.4 Å². The van der Waals surface area contributed by atoms with Crippen molar-refractivity contribution in [2.24, 2.45) is 5.92 Å². The lowest BCUT2D eigenvalue weighted by Crippen LogP contribution is -2.42. The largest absolute Gasteiger partial charge is 0.395 e. The lowest BCUT2D eigenvalue weighted by atomic mass is 10.0. The Morgan fingerprint density at radius 2 is 2.00 bits per heavy atom. The Balaban J connectivity index is 2.23. The number of carbonyl (C=O) groups is 1. The van der Waals surface area contributed by atoms with E-state index in [1.807, 2.05) is 4.90 Å². The zero-order valence-corrected chi connectivity index (χ0v) is 10.4. The number of hydrogen-bond acceptors (Lipinski definition) is 3. The first-order valence-electron chi connectivity index (χ1n) is 6.25. The van der Waals surface area contributed by atoms with Gasteiger partial charge in [0.25, 0.3) is 0 Å². The van der Waals surface area contributed by atoms with Crippen molar-refractivity contribution < 1.29 is 9.90 Å². The van der Waals surface area contributed by atoms with Crippen LogP contribution in [0, 0.1) is 5.92 Å². The first-order valence-corrected chi connectivity index (χ1v) is 6.25. The number of carbonyl (C=O) groups excluding carboxylic acids is 1. The smallest absolute Gasteiger partial charge is 0.236 e. The average molecular weight is 228 g/mol. The van der Waals surface area contributed by atoms with Crippen molar-refractivity contribution in [3.63, 3.8) is 0 Å². The number of rotatable bonds is 6. The molecule has 0 saturated carbocycles. The Hall–Kier alpha value is -0.610. The maximum atomic E-state index is 11.7. The summed E-state index contributed by atoms with van der Waals surface area (Å²) in [6, 6.07) is 0.0477. The number of aliphatic hydroxyl groups excluding tert-OH is 1. The number of nitrogens with one attached hydrogen (secondary N) is 1. The van der Waals surface area contributed by atoms with Crippen LogP contribution >= 0.6 is 0 Å². The van der Waals surface area contributed by atoms with Crippen LogP contribution in [-0.4, -0.2) is 48.2 Å². The van der Waals surface area contributed by atoms with Crippen molar-refractivity contribution in [2.45, 2.75) is 39.2 Å². The minimum atomic E-state index is 0.0477. The predicted molar refractivity (Wildman–Crippen MR) is 64.1 cm³/mol. The van der Waals surface area contributed by atoms with E-state index in [-0.39, 0.29) is 18.6 Å². The molecule has 1 aliphatic heterocycles. The van der Waals surface area contributed by atoms with E-state index in [1.54, 1.807) is 0 Å². The minimum Gasteiger partial charge on any atom is -0.395 e. The molecule has 1 aliphatic rings. The third-order valence-electron chi connectivity index (χ3n) is 2.98. The predicted octanol–water partition coefficient (Wildman–Crippen LogP) is 0.605. The van der Waals surface area contributed by atoms with Crippen molar-refractivity contribution in [3.8, 4) is 0 Å². The number of nitrogens with zero attached hydrogens (tertiary/aromatic N) is 1. The first kappa shape index (κ1) is 13.5. The van der Waals surface area contributed by atoms with Gasteiger partial charge in [-0.15, -0.1) is 0 Å². The molecule has 0 aromatic heterocycles. The van der Waals surface area contributed by atoms with Gasteiger partial charge in [-0.1, -0.05) is 13.8 Å². The van der Waals surface area contributed by atoms with Gasteiger partial charge in [0.1, 0.15) is 0 Å². The molecule has 16 heavy (non-hydrogen) atoms. The molecule has 4 heteroatoms. The third kappa shape index (κ3) is 4.49. The number of aliphatic hydroxyl groups is 1. The normalized spacial score (nSPS) is 18.1. The Morgan fingerprint density at radius 3 is 2.50 bits per heavy atom. The molecule has 4 nitrogen and oxygen atoms in total. The molecular formula is C12H24N2O2. The number of likely N-dealkylation sites (tertiary alicyclic amines) is 1. The standard InChI is InChI=1S/C12H24N2O2/c1-10(2)7-11(9-15)13-8-12(16)14-5-3-4-6-14/h10-11,13,15H,3-9H2,1-2H3. The molecule has 1 amide bonds. The van der Waals surface area contributed by atoms with Crippen LogP contribution in [-0.2, 0) is 4.79 Å². The van der Waals surface area contributed by atoms with Gasteiger partial charge in [-0.25, -0.2) is 0 Å². The maximum absolute atomic E-state index is 11.7. The fraction of sp³-hybridized carbons (Fsp3) is 0.917. The molecular weight excluding hydrogens is 204 g/mol. The summed E-state index contributed by atoms with van der Waals surface area (Å²) in [5, 5.41) is 12.3. The third-order valence-corrected chi connectivity index (χ3v) is 2.98. The van der Waals surface area contributed by atoms with Gasteiger partial charge in [-0.2, -0.15) is 0 Å². The summed E-state index contributed by atoms with van der Waals surface area (Å²) in [4.78, 5) is 13.6. The summed E-state index contributed by atoms with van der Waals surface area (Å²) in [5.74, 6) is 0.700. The van der Waals surface area contributed by atoms with E-state index >= 15 is 0 Å². The summed E-state index contributed by atoms with van der Waals surface area (Å²) >= 11 is 0. The lowest BCUT2D eigenvalue weighted by Gasteiger charge is -2.20. The van der Waals surface area contributed by atoms with E-state index in [4.69, 9.17) is 5.11 Å². The van der Waals surface area contributed by atoms with Gasteiger partial charge in [0.05, 0.1) is 13.2 Å². The van der Waals surface area contributed by atoms with Crippen molar-refractivity contribution in [1.29, 1.82) is 0 Å². The van der Waals surface area contributed by atoms with Crippen molar-refractivity contribution in [1.82, 2.24) is 10.2 Å². The van der Waals surface area contributed by atoms with Crippen LogP contribution in [0.4, 0.5) is 0 Å². The van der Waals surface area contributed by atoms with Crippen LogP contribution in [0.15, 0.2) is 0 Å². The second kappa shape index (κ2) is 6.86. The monoisotopic (exact) mass is 228 g/mol. The van der Waals surface area contributed by atoms with Crippen molar-refractivity contribution >= 4 is 5.91 Å². The zero-order chi connectivity index (χ0) is 12.0. The molecule has 0 radical (unpaired) electrons. The summed E-state index contributed by atoms with van der Waals surface area (Å²) in [6.45, 7) is 6.49. The summed E-state index contributed by atoms with van der Waals surface area (Å²) in [6.07, 6.45) is 3.16. The quantitative estimate of drug-likeness (QED) is 0.700. The first-order chi connectivity index (χ1) is 7.63. The summed E-state index contributed by atoms with van der Waals surface area (Å²) in [7, 11) is 0. The molecule has 1 heterocycles. The van der Waals surface area contributed by atoms with Gasteiger partial charge in [0, 0.05) is 19.1 Å². The van der Waals surface area contributed by atoms with Gasteiger partial charge in [0.15, 0.2) is 0 Å².